The van der Waals surface area contributed by atoms with E-state index in [4.69, 9.17) is 9.47 Å². The Morgan fingerprint density at radius 3 is 2.27 bits per heavy atom. The number of carbonyl (C=O) groups is 1. The first kappa shape index (κ1) is 24.1. The van der Waals surface area contributed by atoms with Gasteiger partial charge < -0.3 is 14.8 Å². The fourth-order valence-corrected chi connectivity index (χ4v) is 4.30. The van der Waals surface area contributed by atoms with Crippen LogP contribution >= 0.6 is 0 Å². The van der Waals surface area contributed by atoms with Gasteiger partial charge in [0.2, 0.25) is 0 Å². The van der Waals surface area contributed by atoms with Gasteiger partial charge in [-0.05, 0) is 73.9 Å². The van der Waals surface area contributed by atoms with Gasteiger partial charge >= 0.3 is 0 Å². The SMILES string of the molecule is CC[C@@H](Oc1ccccc1OC)C(=O)Nc1ccc(S(=O)(=O)Nc2cc(C)ccc2C)cc1. The number of carbonyl (C=O) groups excluding carboxylic acids is 1. The zero-order chi connectivity index (χ0) is 24.0. The number of rotatable bonds is 9. The third-order valence-corrected chi connectivity index (χ3v) is 6.45. The molecule has 0 unspecified atom stereocenters. The fraction of sp³-hybridized carbons (Fsp3) is 0.240. The van der Waals surface area contributed by atoms with Crippen molar-refractivity contribution in [2.75, 3.05) is 17.1 Å². The first-order chi connectivity index (χ1) is 15.7. The Hall–Kier alpha value is -3.52. The van der Waals surface area contributed by atoms with Crippen LogP contribution in [0.15, 0.2) is 71.6 Å². The third kappa shape index (κ3) is 6.04. The highest BCUT2D eigenvalue weighted by Gasteiger charge is 2.21. The number of aryl methyl sites for hydroxylation is 2. The van der Waals surface area contributed by atoms with E-state index in [0.717, 1.165) is 11.1 Å². The normalized spacial score (nSPS) is 12.0. The lowest BCUT2D eigenvalue weighted by molar-refractivity contribution is -0.122. The predicted octanol–water partition coefficient (Wildman–Crippen LogP) is 4.91. The molecule has 1 atom stereocenters. The molecule has 174 valence electrons. The van der Waals surface area contributed by atoms with Crippen LogP contribution in [-0.4, -0.2) is 27.5 Å². The summed E-state index contributed by atoms with van der Waals surface area (Å²) in [6.07, 6.45) is -0.300. The number of methoxy groups -OCH3 is 1. The van der Waals surface area contributed by atoms with Crippen molar-refractivity contribution in [3.63, 3.8) is 0 Å². The number of para-hydroxylation sites is 2. The Balaban J connectivity index is 1.70. The monoisotopic (exact) mass is 468 g/mol. The molecule has 0 fully saturated rings. The van der Waals surface area contributed by atoms with Crippen LogP contribution in [0.25, 0.3) is 0 Å². The maximum absolute atomic E-state index is 12.8. The van der Waals surface area contributed by atoms with E-state index in [0.29, 0.717) is 29.3 Å². The molecule has 8 heteroatoms. The zero-order valence-electron chi connectivity index (χ0n) is 19.1. The molecular weight excluding hydrogens is 440 g/mol. The molecule has 33 heavy (non-hydrogen) atoms. The first-order valence-corrected chi connectivity index (χ1v) is 12.0. The average molecular weight is 469 g/mol. The second kappa shape index (κ2) is 10.4. The molecule has 0 bridgehead atoms. The summed E-state index contributed by atoms with van der Waals surface area (Å²) < 4.78 is 39.3. The van der Waals surface area contributed by atoms with Crippen LogP contribution < -0.4 is 19.5 Å². The van der Waals surface area contributed by atoms with Crippen LogP contribution in [0.1, 0.15) is 24.5 Å². The van der Waals surface area contributed by atoms with Gasteiger partial charge in [-0.2, -0.15) is 0 Å². The number of nitrogens with one attached hydrogen (secondary N) is 2. The molecule has 3 aromatic carbocycles. The summed E-state index contributed by atoms with van der Waals surface area (Å²) in [5.74, 6) is 0.670. The Kier molecular flexibility index (Phi) is 7.60. The summed E-state index contributed by atoms with van der Waals surface area (Å²) in [5.41, 5.74) is 2.78. The molecule has 1 amide bonds. The van der Waals surface area contributed by atoms with Gasteiger partial charge in [-0.25, -0.2) is 8.42 Å². The molecule has 0 aliphatic carbocycles. The van der Waals surface area contributed by atoms with Crippen molar-refractivity contribution in [3.8, 4) is 11.5 Å². The minimum Gasteiger partial charge on any atom is -0.493 e. The lowest BCUT2D eigenvalue weighted by Crippen LogP contribution is -2.32. The van der Waals surface area contributed by atoms with E-state index >= 15 is 0 Å². The van der Waals surface area contributed by atoms with Gasteiger partial charge in [0, 0.05) is 5.69 Å². The van der Waals surface area contributed by atoms with Gasteiger partial charge in [0.1, 0.15) is 0 Å². The van der Waals surface area contributed by atoms with E-state index in [9.17, 15) is 13.2 Å². The van der Waals surface area contributed by atoms with Crippen molar-refractivity contribution in [3.05, 3.63) is 77.9 Å². The van der Waals surface area contributed by atoms with Crippen molar-refractivity contribution in [2.45, 2.75) is 38.2 Å². The fourth-order valence-electron chi connectivity index (χ4n) is 3.18. The van der Waals surface area contributed by atoms with Crippen LogP contribution in [0.3, 0.4) is 0 Å². The lowest BCUT2D eigenvalue weighted by atomic mass is 10.1. The summed E-state index contributed by atoms with van der Waals surface area (Å²) >= 11 is 0. The Bertz CT molecular complexity index is 1220. The Labute approximate surface area is 194 Å². The van der Waals surface area contributed by atoms with E-state index < -0.39 is 16.1 Å². The third-order valence-electron chi connectivity index (χ3n) is 5.07. The number of ether oxygens (including phenoxy) is 2. The first-order valence-electron chi connectivity index (χ1n) is 10.5. The van der Waals surface area contributed by atoms with Gasteiger partial charge in [0.25, 0.3) is 15.9 Å². The molecule has 0 heterocycles. The van der Waals surface area contributed by atoms with Crippen molar-refractivity contribution in [2.24, 2.45) is 0 Å². The summed E-state index contributed by atoms with van der Waals surface area (Å²) in [7, 11) is -2.23. The second-order valence-electron chi connectivity index (χ2n) is 7.60. The number of amides is 1. The van der Waals surface area contributed by atoms with Gasteiger partial charge in [0.15, 0.2) is 17.6 Å². The molecule has 3 rings (SSSR count). The van der Waals surface area contributed by atoms with Gasteiger partial charge in [-0.15, -0.1) is 0 Å². The van der Waals surface area contributed by atoms with E-state index in [1.54, 1.807) is 36.4 Å². The predicted molar refractivity (Wildman–Crippen MR) is 129 cm³/mol. The van der Waals surface area contributed by atoms with Crippen molar-refractivity contribution in [1.29, 1.82) is 0 Å². The average Bonchev–Trinajstić information content (AvgIpc) is 2.80. The summed E-state index contributed by atoms with van der Waals surface area (Å²) in [4.78, 5) is 12.8. The topological polar surface area (TPSA) is 93.7 Å². The highest BCUT2D eigenvalue weighted by molar-refractivity contribution is 7.92. The molecule has 0 saturated carbocycles. The molecule has 0 spiro atoms. The van der Waals surface area contributed by atoms with E-state index in [1.165, 1.54) is 19.2 Å². The number of sulfonamides is 1. The molecule has 0 saturated heterocycles. The molecule has 0 aromatic heterocycles. The standard InChI is InChI=1S/C25H28N2O5S/c1-5-22(32-24-9-7-6-8-23(24)31-4)25(28)26-19-12-14-20(15-13-19)33(29,30)27-21-16-17(2)10-11-18(21)3/h6-16,22,27H,5H2,1-4H3,(H,26,28)/t22-/m1/s1. The van der Waals surface area contributed by atoms with Crippen LogP contribution in [-0.2, 0) is 14.8 Å². The number of benzene rings is 3. The molecule has 3 aromatic rings. The highest BCUT2D eigenvalue weighted by Crippen LogP contribution is 2.28. The summed E-state index contributed by atoms with van der Waals surface area (Å²) in [6.45, 7) is 5.58. The Morgan fingerprint density at radius 2 is 1.64 bits per heavy atom. The molecular formula is C25H28N2O5S. The van der Waals surface area contributed by atoms with Gasteiger partial charge in [0.05, 0.1) is 17.7 Å². The quantitative estimate of drug-likeness (QED) is 0.465. The van der Waals surface area contributed by atoms with Crippen LogP contribution in [0.4, 0.5) is 11.4 Å². The van der Waals surface area contributed by atoms with Crippen LogP contribution in [0.2, 0.25) is 0 Å². The maximum atomic E-state index is 12.8. The molecule has 0 radical (unpaired) electrons. The summed E-state index contributed by atoms with van der Waals surface area (Å²) in [5, 5.41) is 2.78. The molecule has 0 aliphatic rings. The minimum absolute atomic E-state index is 0.0960. The van der Waals surface area contributed by atoms with Crippen LogP contribution in [0, 0.1) is 13.8 Å². The van der Waals surface area contributed by atoms with Crippen molar-refractivity contribution < 1.29 is 22.7 Å². The van der Waals surface area contributed by atoms with E-state index in [-0.39, 0.29) is 10.8 Å². The van der Waals surface area contributed by atoms with E-state index in [2.05, 4.69) is 10.0 Å². The van der Waals surface area contributed by atoms with Gasteiger partial charge in [-0.3, -0.25) is 9.52 Å². The number of hydrogen-bond donors (Lipinski definition) is 2. The smallest absolute Gasteiger partial charge is 0.265 e. The van der Waals surface area contributed by atoms with Gasteiger partial charge in [-0.1, -0.05) is 31.2 Å². The highest BCUT2D eigenvalue weighted by atomic mass is 32.2. The van der Waals surface area contributed by atoms with Crippen LogP contribution in [0.5, 0.6) is 11.5 Å². The lowest BCUT2D eigenvalue weighted by Gasteiger charge is -2.19. The largest absolute Gasteiger partial charge is 0.493 e. The Morgan fingerprint density at radius 1 is 0.970 bits per heavy atom. The number of anilines is 2. The molecule has 2 N–H and O–H groups in total. The maximum Gasteiger partial charge on any atom is 0.265 e. The molecule has 7 nitrogen and oxygen atoms in total. The molecule has 0 aliphatic heterocycles. The minimum atomic E-state index is -3.77. The van der Waals surface area contributed by atoms with Crippen molar-refractivity contribution in [1.82, 2.24) is 0 Å². The number of hydrogen-bond acceptors (Lipinski definition) is 5. The second-order valence-corrected chi connectivity index (χ2v) is 9.29. The zero-order valence-corrected chi connectivity index (χ0v) is 19.9. The summed E-state index contributed by atoms with van der Waals surface area (Å²) in [6, 6.07) is 18.7. The van der Waals surface area contributed by atoms with Crippen molar-refractivity contribution >= 4 is 27.3 Å². The van der Waals surface area contributed by atoms with E-state index in [1.807, 2.05) is 39.0 Å².